The number of nitrogens with one attached hydrogen (secondary N) is 8. The minimum Gasteiger partial charge on any atom is -0.508 e. The Morgan fingerprint density at radius 2 is 1.05 bits per heavy atom. The van der Waals surface area contributed by atoms with Crippen molar-refractivity contribution in [3.05, 3.63) is 90.0 Å². The number of carbonyl (C=O) groups excluding carboxylic acids is 10. The van der Waals surface area contributed by atoms with Gasteiger partial charge in [-0.25, -0.2) is 0 Å². The number of amides is 10. The quantitative estimate of drug-likeness (QED) is 0.0114. The molecule has 1 unspecified atom stereocenters. The second-order valence-corrected chi connectivity index (χ2v) is 25.0. The molecule has 3 aromatic rings. The number of guanidine groups is 1. The van der Waals surface area contributed by atoms with Crippen molar-refractivity contribution in [2.75, 3.05) is 138 Å². The number of ether oxygens (including phenoxy) is 2. The maximum absolute atomic E-state index is 14.7. The summed E-state index contributed by atoms with van der Waals surface area (Å²) >= 11 is 0. The molecular formula is C68H96N16O19. The summed E-state index contributed by atoms with van der Waals surface area (Å²) in [6.07, 6.45) is 2.50. The Hall–Kier alpha value is -10.2. The zero-order valence-electron chi connectivity index (χ0n) is 57.6. The number of nitrogens with two attached hydrogens (primary N) is 2. The van der Waals surface area contributed by atoms with E-state index >= 15 is 0 Å². The summed E-state index contributed by atoms with van der Waals surface area (Å²) in [7, 11) is 0. The molecule has 2 fully saturated rings. The Labute approximate surface area is 595 Å². The fourth-order valence-electron chi connectivity index (χ4n) is 11.5. The SMILES string of the molecule is NC(N)=NCCC[C@@H]1NC(=O)[C@@H](CCCNC(=O)C(CCCCNC(=O)CN2CCN(CC(=O)O)CCN(CC(=O)O)CCN(CC(=O)O)CC2)NC(=O)CCOCCOCCN2C(=O)C=CC2=O)NC(=O)[C@@H](Cc2ccc(O)cc2)NC(=O)CNC(=O)[C@H](Cc2ccc3ccccc3c2)NC1=O. The number of aliphatic carboxylic acids is 3. The molecule has 0 spiro atoms. The van der Waals surface area contributed by atoms with E-state index < -0.39 is 114 Å². The van der Waals surface area contributed by atoms with Gasteiger partial charge < -0.3 is 83.9 Å². The molecule has 562 valence electrons. The molecule has 5 atom stereocenters. The normalized spacial score (nSPS) is 19.2. The van der Waals surface area contributed by atoms with Gasteiger partial charge in [-0.2, -0.15) is 0 Å². The van der Waals surface area contributed by atoms with Crippen molar-refractivity contribution >= 4 is 93.7 Å². The van der Waals surface area contributed by atoms with Gasteiger partial charge in [-0.05, 0) is 79.0 Å². The highest BCUT2D eigenvalue weighted by Crippen LogP contribution is 2.18. The fourth-order valence-corrected chi connectivity index (χ4v) is 11.5. The predicted molar refractivity (Wildman–Crippen MR) is 372 cm³/mol. The molecule has 35 heteroatoms. The highest BCUT2D eigenvalue weighted by molar-refractivity contribution is 6.13. The highest BCUT2D eigenvalue weighted by atomic mass is 16.5. The number of imide groups is 1. The lowest BCUT2D eigenvalue weighted by Crippen LogP contribution is -2.58. The first-order valence-electron chi connectivity index (χ1n) is 34.2. The van der Waals surface area contributed by atoms with Gasteiger partial charge in [0.25, 0.3) is 11.8 Å². The molecule has 0 bridgehead atoms. The summed E-state index contributed by atoms with van der Waals surface area (Å²) in [5.41, 5.74) is 12.3. The summed E-state index contributed by atoms with van der Waals surface area (Å²) in [5, 5.41) is 62.5. The number of phenolic OH excluding ortho intramolecular Hbond substituents is 1. The van der Waals surface area contributed by atoms with Crippen LogP contribution in [0.25, 0.3) is 10.8 Å². The van der Waals surface area contributed by atoms with Crippen molar-refractivity contribution < 1.29 is 92.2 Å². The smallest absolute Gasteiger partial charge is 0.317 e. The van der Waals surface area contributed by atoms with E-state index in [1.807, 2.05) is 36.4 Å². The van der Waals surface area contributed by atoms with E-state index in [0.29, 0.717) is 17.5 Å². The summed E-state index contributed by atoms with van der Waals surface area (Å²) in [4.78, 5) is 183. The van der Waals surface area contributed by atoms with E-state index in [9.17, 15) is 82.8 Å². The molecule has 3 aliphatic rings. The molecule has 0 radical (unpaired) electrons. The third kappa shape index (κ3) is 30.9. The second-order valence-electron chi connectivity index (χ2n) is 25.0. The van der Waals surface area contributed by atoms with Crippen LogP contribution in [-0.4, -0.2) is 296 Å². The van der Waals surface area contributed by atoms with Crippen LogP contribution in [0.4, 0.5) is 0 Å². The number of carboxylic acid groups (broad SMARTS) is 3. The van der Waals surface area contributed by atoms with E-state index in [1.54, 1.807) is 25.7 Å². The first-order chi connectivity index (χ1) is 49.4. The predicted octanol–water partition coefficient (Wildman–Crippen LogP) is -4.06. The van der Waals surface area contributed by atoms with Crippen molar-refractivity contribution in [1.29, 1.82) is 0 Å². The minimum absolute atomic E-state index is 0.00551. The van der Waals surface area contributed by atoms with Crippen LogP contribution in [0.3, 0.4) is 0 Å². The number of phenols is 1. The van der Waals surface area contributed by atoms with Crippen molar-refractivity contribution in [1.82, 2.24) is 67.0 Å². The van der Waals surface area contributed by atoms with Crippen LogP contribution in [0, 0.1) is 0 Å². The number of hydrogen-bond acceptors (Lipinski definition) is 21. The lowest BCUT2D eigenvalue weighted by atomic mass is 10.0. The average molecular weight is 1440 g/mol. The summed E-state index contributed by atoms with van der Waals surface area (Å²) in [5.74, 6) is -10.1. The average Bonchev–Trinajstić information content (AvgIpc) is 1.64. The number of benzene rings is 3. The number of carboxylic acids is 3. The van der Waals surface area contributed by atoms with Gasteiger partial charge in [0.1, 0.15) is 36.0 Å². The Bertz CT molecular complexity index is 3420. The van der Waals surface area contributed by atoms with Crippen molar-refractivity contribution in [2.45, 2.75) is 94.4 Å². The summed E-state index contributed by atoms with van der Waals surface area (Å²) < 4.78 is 11.1. The maximum atomic E-state index is 14.7. The number of hydrogen-bond donors (Lipinski definition) is 14. The van der Waals surface area contributed by atoms with Crippen LogP contribution in [0.5, 0.6) is 5.75 Å². The van der Waals surface area contributed by atoms with Crippen LogP contribution in [-0.2, 0) is 84.6 Å². The molecule has 3 aromatic carbocycles. The van der Waals surface area contributed by atoms with Crippen molar-refractivity contribution in [3.63, 3.8) is 0 Å². The van der Waals surface area contributed by atoms with Gasteiger partial charge in [-0.15, -0.1) is 0 Å². The Kier molecular flexibility index (Phi) is 34.6. The molecular weight excluding hydrogens is 1340 g/mol. The Balaban J connectivity index is 1.14. The van der Waals surface area contributed by atoms with Gasteiger partial charge in [0, 0.05) is 103 Å². The van der Waals surface area contributed by atoms with Crippen molar-refractivity contribution in [2.24, 2.45) is 16.5 Å². The number of rotatable bonds is 36. The lowest BCUT2D eigenvalue weighted by molar-refractivity contribution is -0.140. The first kappa shape index (κ1) is 81.8. The monoisotopic (exact) mass is 1440 g/mol. The fraction of sp³-hybridized carbons (Fsp3) is 0.529. The Morgan fingerprint density at radius 1 is 0.544 bits per heavy atom. The topological polar surface area (TPSA) is 498 Å². The molecule has 2 saturated heterocycles. The molecule has 0 aliphatic carbocycles. The van der Waals surface area contributed by atoms with Gasteiger partial charge in [0.15, 0.2) is 5.96 Å². The van der Waals surface area contributed by atoms with E-state index in [2.05, 4.69) is 47.5 Å². The van der Waals surface area contributed by atoms with Crippen LogP contribution < -0.4 is 54.0 Å². The van der Waals surface area contributed by atoms with E-state index in [4.69, 9.17) is 20.9 Å². The number of aromatic hydroxyl groups is 1. The third-order valence-electron chi connectivity index (χ3n) is 17.0. The lowest BCUT2D eigenvalue weighted by Gasteiger charge is -2.32. The molecule has 10 amide bonds. The van der Waals surface area contributed by atoms with Crippen molar-refractivity contribution in [3.8, 4) is 5.75 Å². The van der Waals surface area contributed by atoms with Gasteiger partial charge in [-0.1, -0.05) is 54.6 Å². The molecule has 35 nitrogen and oxygen atoms in total. The van der Waals surface area contributed by atoms with Crippen LogP contribution >= 0.6 is 0 Å². The minimum atomic E-state index is -1.44. The van der Waals surface area contributed by atoms with Gasteiger partial charge in [0.2, 0.25) is 47.3 Å². The van der Waals surface area contributed by atoms with Crippen LogP contribution in [0.1, 0.15) is 62.5 Å². The van der Waals surface area contributed by atoms with E-state index in [0.717, 1.165) is 27.8 Å². The first-order valence-corrected chi connectivity index (χ1v) is 34.2. The van der Waals surface area contributed by atoms with Crippen LogP contribution in [0.2, 0.25) is 0 Å². The number of unbranched alkanes of at least 4 members (excludes halogenated alkanes) is 1. The zero-order valence-corrected chi connectivity index (χ0v) is 57.6. The number of nitrogens with zero attached hydrogens (tertiary/aromatic N) is 6. The Morgan fingerprint density at radius 3 is 1.63 bits per heavy atom. The van der Waals surface area contributed by atoms with E-state index in [1.165, 1.54) is 24.3 Å². The molecule has 16 N–H and O–H groups in total. The second kappa shape index (κ2) is 43.6. The van der Waals surface area contributed by atoms with Gasteiger partial charge in [-0.3, -0.25) is 91.8 Å². The largest absolute Gasteiger partial charge is 0.508 e. The summed E-state index contributed by atoms with van der Waals surface area (Å²) in [6.45, 7) is -0.0493. The maximum Gasteiger partial charge on any atom is 0.317 e. The van der Waals surface area contributed by atoms with Crippen LogP contribution in [0.15, 0.2) is 83.9 Å². The number of aliphatic imine (C=N–C) groups is 1. The third-order valence-corrected chi connectivity index (χ3v) is 17.0. The highest BCUT2D eigenvalue weighted by Gasteiger charge is 2.34. The molecule has 6 rings (SSSR count). The molecule has 3 heterocycles. The molecule has 0 saturated carbocycles. The summed E-state index contributed by atoms with van der Waals surface area (Å²) in [6, 6.07) is 12.3. The van der Waals surface area contributed by atoms with Gasteiger partial charge in [0.05, 0.1) is 65.7 Å². The molecule has 0 aromatic heterocycles. The zero-order chi connectivity index (χ0) is 74.6. The van der Waals surface area contributed by atoms with E-state index in [-0.39, 0.29) is 201 Å². The molecule has 103 heavy (non-hydrogen) atoms. The van der Waals surface area contributed by atoms with Gasteiger partial charge >= 0.3 is 17.9 Å². The molecule has 3 aliphatic heterocycles. The number of fused-ring (bicyclic) bond motifs is 1. The standard InChI is InChI=1S/C68H96N16O19/c69-68(70)73-23-6-11-52-66(100)79-53(39-46-12-15-47-7-1-2-8-48(47)37-46)64(98)74-40-56(87)76-54(38-45-13-16-49(85)17-14-45)67(101)78-51(65(99)77-52)10-5-22-72-63(97)50(75-55(86)20-33-102-35-36-103-34-32-84-58(89)18-19-59(84)90)9-3-4-21-71-57(88)41-80-24-26-81(42-60(91)92)28-30-83(44-62(95)96)31-29-82(27-25-80)43-61(93)94/h1-2,7-8,12-19,37,50-54,85H,3-6,9-11,20-36,38-44H2,(H,71,88)(H,72,97)(H,74,98)(H,75,86)(H,76,87)(H,77,99)(H,78,101)(H,79,100)(H,91,92)(H,93,94)(H,95,96)(H4,69,70,73)/t50?,51-,52+,53+,54-/m1/s1. The number of carbonyl (C=O) groups is 13.